The van der Waals surface area contributed by atoms with E-state index in [-0.39, 0.29) is 5.25 Å². The second-order valence-corrected chi connectivity index (χ2v) is 4.39. The normalized spacial score (nSPS) is 15.5. The first-order valence-electron chi connectivity index (χ1n) is 3.74. The monoisotopic (exact) mass is 176 g/mol. The highest BCUT2D eigenvalue weighted by Gasteiger charge is 2.13. The van der Waals surface area contributed by atoms with Gasteiger partial charge in [-0.3, -0.25) is 0 Å². The minimum Gasteiger partial charge on any atom is -0.409 e. The van der Waals surface area contributed by atoms with Crippen LogP contribution < -0.4 is 5.73 Å². The van der Waals surface area contributed by atoms with Crippen LogP contribution in [-0.2, 0) is 0 Å². The van der Waals surface area contributed by atoms with Gasteiger partial charge in [0.1, 0.15) is 0 Å². The van der Waals surface area contributed by atoms with Gasteiger partial charge in [-0.25, -0.2) is 0 Å². The molecule has 0 aliphatic heterocycles. The van der Waals surface area contributed by atoms with Crippen LogP contribution in [0.5, 0.6) is 0 Å². The molecule has 0 fully saturated rings. The summed E-state index contributed by atoms with van der Waals surface area (Å²) in [6.07, 6.45) is 0.902. The lowest BCUT2D eigenvalue weighted by Crippen LogP contribution is -2.26. The van der Waals surface area contributed by atoms with Crippen LogP contribution in [0.3, 0.4) is 0 Å². The van der Waals surface area contributed by atoms with E-state index >= 15 is 0 Å². The predicted molar refractivity (Wildman–Crippen MR) is 50.2 cm³/mol. The average Bonchev–Trinajstić information content (AvgIpc) is 1.98. The number of hydrogen-bond donors (Lipinski definition) is 2. The van der Waals surface area contributed by atoms with Gasteiger partial charge in [-0.2, -0.15) is 0 Å². The van der Waals surface area contributed by atoms with Crippen LogP contribution in [0.4, 0.5) is 0 Å². The maximum atomic E-state index is 8.40. The van der Waals surface area contributed by atoms with Crippen molar-refractivity contribution in [3.8, 4) is 0 Å². The molecule has 0 aliphatic rings. The first-order valence-corrected chi connectivity index (χ1v) is 4.69. The van der Waals surface area contributed by atoms with Gasteiger partial charge < -0.3 is 10.9 Å². The third-order valence-electron chi connectivity index (χ3n) is 1.25. The molecule has 1 unspecified atom stereocenters. The van der Waals surface area contributed by atoms with Crippen LogP contribution in [0.25, 0.3) is 0 Å². The molecule has 0 amide bonds. The molecule has 0 aromatic rings. The quantitative estimate of drug-likeness (QED) is 0.296. The Hall–Kier alpha value is -0.380. The largest absolute Gasteiger partial charge is 0.409 e. The SMILES string of the molecule is CCC(SC(C)C)C(N)=NO. The molecule has 0 saturated carbocycles. The molecule has 0 aliphatic carbocycles. The molecule has 4 heteroatoms. The summed E-state index contributed by atoms with van der Waals surface area (Å²) < 4.78 is 0. The number of rotatable bonds is 4. The second-order valence-electron chi connectivity index (χ2n) is 2.61. The molecule has 0 aromatic carbocycles. The van der Waals surface area contributed by atoms with Gasteiger partial charge in [0.25, 0.3) is 0 Å². The van der Waals surface area contributed by atoms with Gasteiger partial charge in [-0.05, 0) is 11.7 Å². The van der Waals surface area contributed by atoms with E-state index in [2.05, 4.69) is 19.0 Å². The zero-order chi connectivity index (χ0) is 8.85. The standard InChI is InChI=1S/C7H16N2OS/c1-4-6(7(8)9-10)11-5(2)3/h5-6,10H,4H2,1-3H3,(H2,8,9). The molecule has 0 spiro atoms. The molecule has 0 aromatic heterocycles. The lowest BCUT2D eigenvalue weighted by molar-refractivity contribution is 0.317. The van der Waals surface area contributed by atoms with Crippen molar-refractivity contribution in [3.63, 3.8) is 0 Å². The highest BCUT2D eigenvalue weighted by molar-refractivity contribution is 8.01. The number of nitrogens with two attached hydrogens (primary N) is 1. The molecular formula is C7H16N2OS. The van der Waals surface area contributed by atoms with E-state index < -0.39 is 0 Å². The Balaban J connectivity index is 3.95. The molecule has 0 rings (SSSR count). The fraction of sp³-hybridized carbons (Fsp3) is 0.857. The molecule has 11 heavy (non-hydrogen) atoms. The molecule has 0 bridgehead atoms. The smallest absolute Gasteiger partial charge is 0.152 e. The Bertz CT molecular complexity index is 136. The van der Waals surface area contributed by atoms with E-state index in [1.807, 2.05) is 6.92 Å². The summed E-state index contributed by atoms with van der Waals surface area (Å²) in [5.41, 5.74) is 5.46. The van der Waals surface area contributed by atoms with Crippen LogP contribution >= 0.6 is 11.8 Å². The molecule has 0 saturated heterocycles. The lowest BCUT2D eigenvalue weighted by atomic mass is 10.3. The van der Waals surface area contributed by atoms with Crippen molar-refractivity contribution in [1.29, 1.82) is 0 Å². The fourth-order valence-corrected chi connectivity index (χ4v) is 1.80. The second kappa shape index (κ2) is 5.29. The number of nitrogens with zero attached hydrogens (tertiary/aromatic N) is 1. The van der Waals surface area contributed by atoms with E-state index in [0.29, 0.717) is 11.1 Å². The minimum absolute atomic E-state index is 0.153. The third kappa shape index (κ3) is 4.14. The summed E-state index contributed by atoms with van der Waals surface area (Å²) in [6, 6.07) is 0. The number of thioether (sulfide) groups is 1. The van der Waals surface area contributed by atoms with Crippen molar-refractivity contribution in [3.05, 3.63) is 0 Å². The summed E-state index contributed by atoms with van der Waals surface area (Å²) >= 11 is 1.72. The molecule has 0 heterocycles. The molecular weight excluding hydrogens is 160 g/mol. The third-order valence-corrected chi connectivity index (χ3v) is 2.70. The van der Waals surface area contributed by atoms with E-state index in [0.717, 1.165) is 6.42 Å². The van der Waals surface area contributed by atoms with Crippen LogP contribution in [0.15, 0.2) is 5.16 Å². The zero-order valence-electron chi connectivity index (χ0n) is 7.24. The van der Waals surface area contributed by atoms with Crippen LogP contribution in [0.2, 0.25) is 0 Å². The van der Waals surface area contributed by atoms with E-state index in [9.17, 15) is 0 Å². The average molecular weight is 176 g/mol. The molecule has 3 N–H and O–H groups in total. The Morgan fingerprint density at radius 1 is 1.64 bits per heavy atom. The maximum absolute atomic E-state index is 8.40. The summed E-state index contributed by atoms with van der Waals surface area (Å²) in [5.74, 6) is 0.325. The van der Waals surface area contributed by atoms with Crippen molar-refractivity contribution in [1.82, 2.24) is 0 Å². The Kier molecular flexibility index (Phi) is 5.11. The lowest BCUT2D eigenvalue weighted by Gasteiger charge is -2.14. The molecule has 66 valence electrons. The fourth-order valence-electron chi connectivity index (χ4n) is 0.768. The first-order chi connectivity index (χ1) is 5.11. The molecule has 3 nitrogen and oxygen atoms in total. The molecule has 0 radical (unpaired) electrons. The first kappa shape index (κ1) is 10.6. The van der Waals surface area contributed by atoms with Gasteiger partial charge in [-0.15, -0.1) is 11.8 Å². The Morgan fingerprint density at radius 3 is 2.45 bits per heavy atom. The van der Waals surface area contributed by atoms with Crippen LogP contribution in [-0.4, -0.2) is 21.5 Å². The van der Waals surface area contributed by atoms with Crippen LogP contribution in [0.1, 0.15) is 27.2 Å². The van der Waals surface area contributed by atoms with Gasteiger partial charge >= 0.3 is 0 Å². The highest BCUT2D eigenvalue weighted by Crippen LogP contribution is 2.19. The minimum atomic E-state index is 0.153. The van der Waals surface area contributed by atoms with Gasteiger partial charge in [0.05, 0.1) is 5.25 Å². The summed E-state index contributed by atoms with van der Waals surface area (Å²) in [4.78, 5) is 0. The summed E-state index contributed by atoms with van der Waals surface area (Å²) in [5, 5.41) is 12.1. The highest BCUT2D eigenvalue weighted by atomic mass is 32.2. The van der Waals surface area contributed by atoms with E-state index in [4.69, 9.17) is 10.9 Å². The van der Waals surface area contributed by atoms with Gasteiger partial charge in [0, 0.05) is 0 Å². The van der Waals surface area contributed by atoms with Crippen molar-refractivity contribution in [2.45, 2.75) is 37.7 Å². The van der Waals surface area contributed by atoms with Gasteiger partial charge in [0.2, 0.25) is 0 Å². The number of hydrogen-bond acceptors (Lipinski definition) is 3. The van der Waals surface area contributed by atoms with Gasteiger partial charge in [-0.1, -0.05) is 25.9 Å². The van der Waals surface area contributed by atoms with E-state index in [1.165, 1.54) is 0 Å². The van der Waals surface area contributed by atoms with Crippen molar-refractivity contribution >= 4 is 17.6 Å². The number of amidine groups is 1. The van der Waals surface area contributed by atoms with Crippen molar-refractivity contribution in [2.75, 3.05) is 0 Å². The zero-order valence-corrected chi connectivity index (χ0v) is 8.06. The maximum Gasteiger partial charge on any atom is 0.152 e. The topological polar surface area (TPSA) is 58.6 Å². The van der Waals surface area contributed by atoms with E-state index in [1.54, 1.807) is 11.8 Å². The Morgan fingerprint density at radius 2 is 2.18 bits per heavy atom. The Labute approximate surface area is 72.0 Å². The predicted octanol–water partition coefficient (Wildman–Crippen LogP) is 1.65. The van der Waals surface area contributed by atoms with Crippen molar-refractivity contribution in [2.24, 2.45) is 10.9 Å². The molecule has 1 atom stereocenters. The van der Waals surface area contributed by atoms with Crippen molar-refractivity contribution < 1.29 is 5.21 Å². The van der Waals surface area contributed by atoms with Crippen LogP contribution in [0, 0.1) is 0 Å². The summed E-state index contributed by atoms with van der Waals surface area (Å²) in [6.45, 7) is 6.22. The number of oxime groups is 1. The van der Waals surface area contributed by atoms with Gasteiger partial charge in [0.15, 0.2) is 5.84 Å². The summed E-state index contributed by atoms with van der Waals surface area (Å²) in [7, 11) is 0.